The maximum absolute atomic E-state index is 11.2. The second-order valence-corrected chi connectivity index (χ2v) is 6.97. The number of hydrogen-bond donors (Lipinski definition) is 1. The van der Waals surface area contributed by atoms with Gasteiger partial charge >= 0.3 is 23.1 Å². The molecule has 3 unspecified atom stereocenters. The van der Waals surface area contributed by atoms with E-state index in [-0.39, 0.29) is 46.5 Å². The fourth-order valence-electron chi connectivity index (χ4n) is 4.44. The zero-order valence-electron chi connectivity index (χ0n) is 14.1. The van der Waals surface area contributed by atoms with Crippen molar-refractivity contribution in [1.29, 1.82) is 0 Å². The molecule has 136 valence electrons. The molecule has 2 bridgehead atoms. The minimum Gasteiger partial charge on any atom is -0.497 e. The van der Waals surface area contributed by atoms with Gasteiger partial charge in [-0.05, 0) is 61.1 Å². The van der Waals surface area contributed by atoms with Crippen LogP contribution in [0.25, 0.3) is 10.9 Å². The maximum Gasteiger partial charge on any atom is 0.316 e. The molecule has 4 nitrogen and oxygen atoms in total. The lowest BCUT2D eigenvalue weighted by atomic mass is 9.73. The van der Waals surface area contributed by atoms with Crippen molar-refractivity contribution in [3.63, 3.8) is 0 Å². The normalized spacial score (nSPS) is 27.9. The highest BCUT2D eigenvalue weighted by molar-refractivity contribution is 5.84. The lowest BCUT2D eigenvalue weighted by Gasteiger charge is -2.50. The van der Waals surface area contributed by atoms with Crippen LogP contribution >= 0.6 is 0 Å². The van der Waals surface area contributed by atoms with Crippen molar-refractivity contribution in [2.75, 3.05) is 20.2 Å². The number of aliphatic hydroxyl groups is 1. The Kier molecular flexibility index (Phi) is 7.55. The zero-order valence-corrected chi connectivity index (χ0v) is 14.1. The van der Waals surface area contributed by atoms with Crippen molar-refractivity contribution >= 4 is 51.3 Å². The van der Waals surface area contributed by atoms with Crippen molar-refractivity contribution in [3.8, 4) is 5.75 Å². The van der Waals surface area contributed by atoms with Crippen LogP contribution in [-0.4, -0.2) is 81.6 Å². The van der Waals surface area contributed by atoms with Crippen LogP contribution in [0.5, 0.6) is 5.75 Å². The Morgan fingerprint density at radius 3 is 2.85 bits per heavy atom. The van der Waals surface area contributed by atoms with Gasteiger partial charge in [-0.1, -0.05) is 6.08 Å². The SMILES string of the molecule is C=C[C@@H]1CN2CCC1C[C@@H]2C(O)c1ccnc2ccc(OC)cc12.[AlH3].[MgH2]. The highest BCUT2D eigenvalue weighted by atomic mass is 27.0. The van der Waals surface area contributed by atoms with Crippen molar-refractivity contribution in [2.45, 2.75) is 25.0 Å². The summed E-state index contributed by atoms with van der Waals surface area (Å²) in [5, 5.41) is 12.1. The molecule has 5 atom stereocenters. The Morgan fingerprint density at radius 1 is 1.38 bits per heavy atom. The quantitative estimate of drug-likeness (QED) is 0.637. The van der Waals surface area contributed by atoms with Crippen LogP contribution in [0.3, 0.4) is 0 Å². The fourth-order valence-corrected chi connectivity index (χ4v) is 4.44. The number of benzene rings is 1. The number of pyridine rings is 1. The zero-order chi connectivity index (χ0) is 16.7. The Balaban J connectivity index is 0.00000121. The summed E-state index contributed by atoms with van der Waals surface area (Å²) in [6.07, 6.45) is 5.62. The van der Waals surface area contributed by atoms with Crippen LogP contribution in [0.1, 0.15) is 24.5 Å². The highest BCUT2D eigenvalue weighted by Crippen LogP contribution is 2.42. The largest absolute Gasteiger partial charge is 0.497 e. The third-order valence-corrected chi connectivity index (χ3v) is 5.82. The third-order valence-electron chi connectivity index (χ3n) is 5.82. The van der Waals surface area contributed by atoms with E-state index in [1.54, 1.807) is 13.3 Å². The Hall–Kier alpha value is -0.611. The standard InChI is InChI=1S/C20H24N2O2.Al.Mg.5H/c1-3-13-12-22-9-7-14(13)10-19(22)20(23)16-6-8-21-18-5-4-15(24-2)11-17(16)18;;;;;;;/h3-6,8,11,13-14,19-20,23H,1,7,9-10,12H2,2H3;;;;;;;/t13-,14?,19-,20?;;;;;;;/m1......./s1. The predicted molar refractivity (Wildman–Crippen MR) is 114 cm³/mol. The van der Waals surface area contributed by atoms with Crippen molar-refractivity contribution in [3.05, 3.63) is 48.7 Å². The minimum absolute atomic E-state index is 0. The molecule has 26 heavy (non-hydrogen) atoms. The summed E-state index contributed by atoms with van der Waals surface area (Å²) in [7, 11) is 1.66. The number of piperidine rings is 3. The monoisotopic (exact) mass is 380 g/mol. The first-order valence-electron chi connectivity index (χ1n) is 8.68. The van der Waals surface area contributed by atoms with Crippen LogP contribution in [0.2, 0.25) is 0 Å². The van der Waals surface area contributed by atoms with Gasteiger partial charge in [-0.15, -0.1) is 6.58 Å². The molecule has 0 aliphatic carbocycles. The van der Waals surface area contributed by atoms with Crippen LogP contribution in [0.15, 0.2) is 43.1 Å². The van der Waals surface area contributed by atoms with Crippen molar-refractivity contribution in [2.24, 2.45) is 11.8 Å². The van der Waals surface area contributed by atoms with E-state index in [1.807, 2.05) is 24.3 Å². The molecular weight excluding hydrogens is 352 g/mol. The van der Waals surface area contributed by atoms with Gasteiger partial charge in [-0.3, -0.25) is 9.88 Å². The molecule has 3 fully saturated rings. The number of ether oxygens (including phenoxy) is 1. The molecule has 0 amide bonds. The molecule has 3 aliphatic heterocycles. The average Bonchev–Trinajstić information content (AvgIpc) is 2.66. The number of aromatic nitrogens is 1. The van der Waals surface area contributed by atoms with Crippen LogP contribution in [0.4, 0.5) is 0 Å². The Morgan fingerprint density at radius 2 is 2.19 bits per heavy atom. The van der Waals surface area contributed by atoms with Gasteiger partial charge in [0, 0.05) is 24.2 Å². The van der Waals surface area contributed by atoms with Gasteiger partial charge < -0.3 is 9.84 Å². The minimum atomic E-state index is -0.504. The van der Waals surface area contributed by atoms with E-state index in [2.05, 4.69) is 22.5 Å². The predicted octanol–water partition coefficient (Wildman–Crippen LogP) is 1.07. The summed E-state index contributed by atoms with van der Waals surface area (Å²) < 4.78 is 5.35. The number of aliphatic hydroxyl groups excluding tert-OH is 1. The van der Waals surface area contributed by atoms with Gasteiger partial charge in [-0.2, -0.15) is 0 Å². The fraction of sp³-hybridized carbons (Fsp3) is 0.450. The van der Waals surface area contributed by atoms with Gasteiger partial charge in [0.05, 0.1) is 18.7 Å². The second kappa shape index (κ2) is 9.05. The number of nitrogens with zero attached hydrogens (tertiary/aromatic N) is 2. The van der Waals surface area contributed by atoms with E-state index in [4.69, 9.17) is 4.74 Å². The smallest absolute Gasteiger partial charge is 0.316 e. The van der Waals surface area contributed by atoms with Gasteiger partial charge in [-0.25, -0.2) is 0 Å². The summed E-state index contributed by atoms with van der Waals surface area (Å²) >= 11 is 0. The number of fused-ring (bicyclic) bond motifs is 4. The highest BCUT2D eigenvalue weighted by Gasteiger charge is 2.42. The third kappa shape index (κ3) is 3.82. The summed E-state index contributed by atoms with van der Waals surface area (Å²) in [5.41, 5.74) is 1.85. The molecule has 3 aliphatic rings. The second-order valence-electron chi connectivity index (χ2n) is 6.97. The van der Waals surface area contributed by atoms with E-state index < -0.39 is 6.10 Å². The van der Waals surface area contributed by atoms with Crippen LogP contribution in [0, 0.1) is 11.8 Å². The van der Waals surface area contributed by atoms with Gasteiger partial charge in [0.15, 0.2) is 17.4 Å². The molecular formula is C20H29AlMgN2O2. The number of rotatable bonds is 4. The van der Waals surface area contributed by atoms with Crippen molar-refractivity contribution in [1.82, 2.24) is 9.88 Å². The average molecular weight is 381 g/mol. The van der Waals surface area contributed by atoms with E-state index >= 15 is 0 Å². The van der Waals surface area contributed by atoms with E-state index in [1.165, 1.54) is 6.42 Å². The van der Waals surface area contributed by atoms with E-state index in [0.29, 0.717) is 11.8 Å². The molecule has 1 aromatic carbocycles. The summed E-state index contributed by atoms with van der Waals surface area (Å²) in [4.78, 5) is 6.86. The first kappa shape index (κ1) is 21.7. The van der Waals surface area contributed by atoms with Gasteiger partial charge in [0.1, 0.15) is 5.75 Å². The van der Waals surface area contributed by atoms with Crippen LogP contribution < -0.4 is 4.74 Å². The number of hydrogen-bond acceptors (Lipinski definition) is 4. The molecule has 2 aromatic rings. The van der Waals surface area contributed by atoms with E-state index in [9.17, 15) is 5.11 Å². The first-order valence-corrected chi connectivity index (χ1v) is 8.68. The summed E-state index contributed by atoms with van der Waals surface area (Å²) in [5.74, 6) is 2.01. The molecule has 0 spiro atoms. The molecule has 1 N–H and O–H groups in total. The lowest BCUT2D eigenvalue weighted by molar-refractivity contribution is -0.0444. The molecule has 4 heterocycles. The molecule has 5 rings (SSSR count). The molecule has 0 saturated carbocycles. The first-order chi connectivity index (χ1) is 11.7. The topological polar surface area (TPSA) is 45.6 Å². The molecule has 1 aromatic heterocycles. The summed E-state index contributed by atoms with van der Waals surface area (Å²) in [6, 6.07) is 7.96. The van der Waals surface area contributed by atoms with Crippen molar-refractivity contribution < 1.29 is 9.84 Å². The Bertz CT molecular complexity index is 773. The van der Waals surface area contributed by atoms with Crippen LogP contribution in [-0.2, 0) is 0 Å². The van der Waals surface area contributed by atoms with E-state index in [0.717, 1.165) is 41.7 Å². The van der Waals surface area contributed by atoms with Gasteiger partial charge in [0.25, 0.3) is 0 Å². The molecule has 3 saturated heterocycles. The molecule has 6 heteroatoms. The maximum atomic E-state index is 11.2. The molecule has 0 radical (unpaired) electrons. The Labute approximate surface area is 181 Å². The lowest BCUT2D eigenvalue weighted by Crippen LogP contribution is -2.54. The summed E-state index contributed by atoms with van der Waals surface area (Å²) in [6.45, 7) is 6.07. The van der Waals surface area contributed by atoms with Gasteiger partial charge in [0.2, 0.25) is 0 Å². The number of methoxy groups -OCH3 is 1.